The molecular formula is C28H39N5O5S. The minimum absolute atomic E-state index is 0.0133. The smallest absolute Gasteiger partial charge is 0.410 e. The van der Waals surface area contributed by atoms with Gasteiger partial charge in [-0.25, -0.2) is 17.5 Å². The van der Waals surface area contributed by atoms with E-state index in [1.807, 2.05) is 52.0 Å². The lowest BCUT2D eigenvalue weighted by atomic mass is 9.97. The summed E-state index contributed by atoms with van der Waals surface area (Å²) in [4.78, 5) is 31.5. The number of piperidine rings is 1. The fraction of sp³-hybridized carbons (Fsp3) is 0.500. The largest absolute Gasteiger partial charge is 0.444 e. The fourth-order valence-electron chi connectivity index (χ4n) is 5.10. The van der Waals surface area contributed by atoms with Gasteiger partial charge in [0.1, 0.15) is 11.6 Å². The van der Waals surface area contributed by atoms with Gasteiger partial charge in [0.05, 0.1) is 16.3 Å². The summed E-state index contributed by atoms with van der Waals surface area (Å²) in [5, 5.41) is 3.33. The van der Waals surface area contributed by atoms with Gasteiger partial charge in [0.15, 0.2) is 0 Å². The Hall–Kier alpha value is -3.31. The first kappa shape index (κ1) is 28.7. The maximum absolute atomic E-state index is 13.2. The number of nitrogens with one attached hydrogen (secondary N) is 1. The molecule has 39 heavy (non-hydrogen) atoms. The SMILES string of the molecule is C[C@@H]1C(=O)N(C)c2ccc(Nc3cccc(S(=O)(=O)N(C)C)c3)cc2N1C1CCN(C(=O)OC(C)(C)C)CC1. The molecule has 1 N–H and O–H groups in total. The van der Waals surface area contributed by atoms with Crippen molar-refractivity contribution in [2.75, 3.05) is 49.3 Å². The van der Waals surface area contributed by atoms with Gasteiger partial charge in [0, 0.05) is 51.6 Å². The van der Waals surface area contributed by atoms with E-state index in [9.17, 15) is 18.0 Å². The number of rotatable bonds is 5. The van der Waals surface area contributed by atoms with E-state index in [1.165, 1.54) is 18.4 Å². The molecule has 10 nitrogen and oxygen atoms in total. The molecule has 2 aliphatic heterocycles. The molecule has 212 valence electrons. The second kappa shape index (κ2) is 10.7. The maximum atomic E-state index is 13.2. The summed E-state index contributed by atoms with van der Waals surface area (Å²) in [5.41, 5.74) is 2.59. The van der Waals surface area contributed by atoms with Crippen LogP contribution in [0.25, 0.3) is 0 Å². The van der Waals surface area contributed by atoms with Crippen LogP contribution in [0.2, 0.25) is 0 Å². The second-order valence-corrected chi connectivity index (χ2v) is 13.5. The lowest BCUT2D eigenvalue weighted by Gasteiger charge is -2.47. The van der Waals surface area contributed by atoms with Gasteiger partial charge in [0.2, 0.25) is 15.9 Å². The van der Waals surface area contributed by atoms with E-state index in [2.05, 4.69) is 10.2 Å². The Morgan fingerprint density at radius 2 is 1.67 bits per heavy atom. The number of carbonyl (C=O) groups excluding carboxylic acids is 2. The zero-order chi connectivity index (χ0) is 28.7. The van der Waals surface area contributed by atoms with E-state index in [-0.39, 0.29) is 29.0 Å². The molecule has 2 aliphatic rings. The Morgan fingerprint density at radius 3 is 2.28 bits per heavy atom. The molecule has 0 spiro atoms. The van der Waals surface area contributed by atoms with Crippen LogP contribution in [0.4, 0.5) is 27.5 Å². The van der Waals surface area contributed by atoms with Crippen molar-refractivity contribution >= 4 is 44.8 Å². The molecule has 0 unspecified atom stereocenters. The number of fused-ring (bicyclic) bond motifs is 1. The first-order valence-corrected chi connectivity index (χ1v) is 14.6. The third kappa shape index (κ3) is 5.99. The van der Waals surface area contributed by atoms with Crippen molar-refractivity contribution < 1.29 is 22.7 Å². The summed E-state index contributed by atoms with van der Waals surface area (Å²) in [6.07, 6.45) is 1.11. The number of nitrogens with zero attached hydrogens (tertiary/aromatic N) is 4. The van der Waals surface area contributed by atoms with Gasteiger partial charge in [0.25, 0.3) is 0 Å². The quantitative estimate of drug-likeness (QED) is 0.586. The zero-order valence-corrected chi connectivity index (χ0v) is 24.6. The molecule has 11 heteroatoms. The highest BCUT2D eigenvalue weighted by atomic mass is 32.2. The Labute approximate surface area is 231 Å². The Bertz CT molecular complexity index is 1350. The van der Waals surface area contributed by atoms with Crippen molar-refractivity contribution in [3.8, 4) is 0 Å². The molecule has 2 amide bonds. The van der Waals surface area contributed by atoms with Crippen molar-refractivity contribution in [1.29, 1.82) is 0 Å². The molecule has 0 bridgehead atoms. The van der Waals surface area contributed by atoms with Crippen LogP contribution in [0.5, 0.6) is 0 Å². The first-order valence-electron chi connectivity index (χ1n) is 13.2. The number of hydrogen-bond donors (Lipinski definition) is 1. The third-order valence-corrected chi connectivity index (χ3v) is 8.94. The molecule has 0 saturated carbocycles. The van der Waals surface area contributed by atoms with Crippen LogP contribution in [0.3, 0.4) is 0 Å². The highest BCUT2D eigenvalue weighted by Crippen LogP contribution is 2.41. The molecule has 2 heterocycles. The minimum Gasteiger partial charge on any atom is -0.444 e. The Balaban J connectivity index is 1.59. The van der Waals surface area contributed by atoms with E-state index in [0.717, 1.165) is 17.1 Å². The number of likely N-dealkylation sites (N-methyl/N-ethyl adjacent to an activating group) is 1. The van der Waals surface area contributed by atoms with Gasteiger partial charge in [-0.1, -0.05) is 6.07 Å². The zero-order valence-electron chi connectivity index (χ0n) is 23.8. The second-order valence-electron chi connectivity index (χ2n) is 11.3. The average Bonchev–Trinajstić information content (AvgIpc) is 2.87. The van der Waals surface area contributed by atoms with Crippen LogP contribution >= 0.6 is 0 Å². The van der Waals surface area contributed by atoms with E-state index < -0.39 is 15.6 Å². The third-order valence-electron chi connectivity index (χ3n) is 7.13. The predicted molar refractivity (Wildman–Crippen MR) is 153 cm³/mol. The number of anilines is 4. The van der Waals surface area contributed by atoms with Gasteiger partial charge in [-0.05, 0) is 76.9 Å². The van der Waals surface area contributed by atoms with Crippen molar-refractivity contribution in [3.63, 3.8) is 0 Å². The van der Waals surface area contributed by atoms with Crippen LogP contribution in [0, 0.1) is 0 Å². The number of benzene rings is 2. The minimum atomic E-state index is -3.57. The average molecular weight is 558 g/mol. The number of amides is 2. The van der Waals surface area contributed by atoms with E-state index in [4.69, 9.17) is 4.74 Å². The standard InChI is InChI=1S/C28H39N5O5S/c1-19-26(34)31(7)24-12-11-21(29-20-9-8-10-23(17-20)39(36,37)30(5)6)18-25(24)33(19)22-13-15-32(16-14-22)27(35)38-28(2,3)4/h8-12,17-19,22,29H,13-16H2,1-7H3/t19-/m1/s1. The highest BCUT2D eigenvalue weighted by molar-refractivity contribution is 7.89. The Morgan fingerprint density at radius 1 is 1.03 bits per heavy atom. The van der Waals surface area contributed by atoms with Gasteiger partial charge < -0.3 is 24.8 Å². The van der Waals surface area contributed by atoms with Gasteiger partial charge >= 0.3 is 6.09 Å². The first-order chi connectivity index (χ1) is 18.2. The highest BCUT2D eigenvalue weighted by Gasteiger charge is 2.39. The fourth-order valence-corrected chi connectivity index (χ4v) is 6.04. The molecule has 2 aromatic carbocycles. The lowest BCUT2D eigenvalue weighted by molar-refractivity contribution is -0.119. The molecule has 0 aliphatic carbocycles. The van der Waals surface area contributed by atoms with Crippen molar-refractivity contribution in [2.24, 2.45) is 0 Å². The van der Waals surface area contributed by atoms with Gasteiger partial charge in [-0.15, -0.1) is 0 Å². The molecule has 4 rings (SSSR count). The summed E-state index contributed by atoms with van der Waals surface area (Å²) < 4.78 is 31.9. The predicted octanol–water partition coefficient (Wildman–Crippen LogP) is 4.25. The number of sulfonamides is 1. The molecule has 2 aromatic rings. The van der Waals surface area contributed by atoms with Gasteiger partial charge in [-0.3, -0.25) is 4.79 Å². The summed E-state index contributed by atoms with van der Waals surface area (Å²) in [5.74, 6) is 0.0133. The summed E-state index contributed by atoms with van der Waals surface area (Å²) in [7, 11) is 1.22. The lowest BCUT2D eigenvalue weighted by Crippen LogP contribution is -2.57. The molecule has 1 saturated heterocycles. The van der Waals surface area contributed by atoms with Crippen molar-refractivity contribution in [2.45, 2.75) is 63.1 Å². The Kier molecular flexibility index (Phi) is 7.86. The van der Waals surface area contributed by atoms with Crippen LogP contribution in [0.1, 0.15) is 40.5 Å². The summed E-state index contributed by atoms with van der Waals surface area (Å²) >= 11 is 0. The molecule has 1 fully saturated rings. The van der Waals surface area contributed by atoms with Crippen LogP contribution in [0.15, 0.2) is 47.4 Å². The molecule has 0 radical (unpaired) electrons. The van der Waals surface area contributed by atoms with E-state index in [0.29, 0.717) is 31.6 Å². The van der Waals surface area contributed by atoms with Crippen molar-refractivity contribution in [3.05, 3.63) is 42.5 Å². The molecule has 0 aromatic heterocycles. The topological polar surface area (TPSA) is 102 Å². The number of ether oxygens (including phenoxy) is 1. The summed E-state index contributed by atoms with van der Waals surface area (Å²) in [6.45, 7) is 8.58. The maximum Gasteiger partial charge on any atom is 0.410 e. The number of likely N-dealkylation sites (tertiary alicyclic amines) is 1. The summed E-state index contributed by atoms with van der Waals surface area (Å²) in [6, 6.07) is 12.2. The van der Waals surface area contributed by atoms with E-state index >= 15 is 0 Å². The van der Waals surface area contributed by atoms with Crippen molar-refractivity contribution in [1.82, 2.24) is 9.21 Å². The van der Waals surface area contributed by atoms with E-state index in [1.54, 1.807) is 35.0 Å². The molecule has 1 atom stereocenters. The monoisotopic (exact) mass is 557 g/mol. The van der Waals surface area contributed by atoms with Crippen LogP contribution in [-0.4, -0.2) is 81.5 Å². The number of hydrogen-bond acceptors (Lipinski definition) is 7. The number of carbonyl (C=O) groups is 2. The normalized spacial score (nSPS) is 18.8. The molecular weight excluding hydrogens is 518 g/mol. The van der Waals surface area contributed by atoms with Crippen LogP contribution in [-0.2, 0) is 19.6 Å². The van der Waals surface area contributed by atoms with Gasteiger partial charge in [-0.2, -0.15) is 0 Å². The van der Waals surface area contributed by atoms with Crippen LogP contribution < -0.4 is 15.1 Å².